The van der Waals surface area contributed by atoms with Crippen LogP contribution in [0.3, 0.4) is 0 Å². The fourth-order valence-corrected chi connectivity index (χ4v) is 4.15. The topological polar surface area (TPSA) is 62.4 Å². The highest BCUT2D eigenvalue weighted by atomic mass is 35.5. The molecule has 6 heteroatoms. The average Bonchev–Trinajstić information content (AvgIpc) is 3.12. The Morgan fingerprint density at radius 2 is 1.89 bits per heavy atom. The summed E-state index contributed by atoms with van der Waals surface area (Å²) in [6, 6.07) is 20.2. The van der Waals surface area contributed by atoms with Gasteiger partial charge < -0.3 is 10.3 Å². The molecule has 0 radical (unpaired) electrons. The lowest BCUT2D eigenvalue weighted by atomic mass is 10.1. The van der Waals surface area contributed by atoms with Crippen LogP contribution in [0.25, 0.3) is 20.7 Å². The number of hydrogen-bond donors (Lipinski definition) is 2. The van der Waals surface area contributed by atoms with E-state index < -0.39 is 0 Å². The van der Waals surface area contributed by atoms with Gasteiger partial charge in [-0.2, -0.15) is 0 Å². The van der Waals surface area contributed by atoms with Gasteiger partial charge in [0.15, 0.2) is 5.82 Å². The molecule has 0 fully saturated rings. The second kappa shape index (κ2) is 7.64. The standard InChI is InChI=1S/C21H18ClN3OS/c1-13(14-5-3-2-4-6-14)23-12-19-24-17-11-18(27-20(17)21(26)25-19)15-7-9-16(22)10-8-15/h2-11,13,23H,12H2,1H3,(H,24,25,26)/p+1/t13-/m0/s1. The number of hydrogen-bond acceptors (Lipinski definition) is 3. The van der Waals surface area contributed by atoms with E-state index in [0.717, 1.165) is 16.0 Å². The third kappa shape index (κ3) is 3.95. The van der Waals surface area contributed by atoms with Crippen LogP contribution < -0.4 is 10.9 Å². The van der Waals surface area contributed by atoms with Crippen molar-refractivity contribution in [2.45, 2.75) is 19.5 Å². The van der Waals surface area contributed by atoms with Crippen molar-refractivity contribution in [2.75, 3.05) is 0 Å². The Kier molecular flexibility index (Phi) is 5.07. The summed E-state index contributed by atoms with van der Waals surface area (Å²) in [6.45, 7) is 2.77. The van der Waals surface area contributed by atoms with Crippen molar-refractivity contribution in [3.8, 4) is 10.4 Å². The molecule has 2 aromatic carbocycles. The Bertz CT molecular complexity index is 1120. The van der Waals surface area contributed by atoms with Crippen LogP contribution in [0.2, 0.25) is 5.02 Å². The quantitative estimate of drug-likeness (QED) is 0.532. The van der Waals surface area contributed by atoms with E-state index in [2.05, 4.69) is 34.3 Å². The van der Waals surface area contributed by atoms with Gasteiger partial charge in [0, 0.05) is 15.5 Å². The number of nitrogens with zero attached hydrogens (tertiary/aromatic N) is 1. The van der Waals surface area contributed by atoms with Crippen LogP contribution in [0.15, 0.2) is 65.5 Å². The lowest BCUT2D eigenvalue weighted by Gasteiger charge is -2.10. The Labute approximate surface area is 165 Å². The minimum atomic E-state index is -0.0824. The molecule has 4 rings (SSSR count). The van der Waals surface area contributed by atoms with Gasteiger partial charge in [0.2, 0.25) is 0 Å². The molecule has 4 aromatic rings. The molecule has 0 aliphatic carbocycles. The summed E-state index contributed by atoms with van der Waals surface area (Å²) >= 11 is 7.41. The van der Waals surface area contributed by atoms with Crippen LogP contribution in [-0.2, 0) is 6.54 Å². The number of nitrogens with two attached hydrogens (primary N) is 1. The maximum Gasteiger partial charge on any atom is 0.269 e. The van der Waals surface area contributed by atoms with Crippen LogP contribution in [-0.4, -0.2) is 9.97 Å². The molecule has 136 valence electrons. The first kappa shape index (κ1) is 17.9. The van der Waals surface area contributed by atoms with Crippen molar-refractivity contribution in [3.05, 3.63) is 87.4 Å². The van der Waals surface area contributed by atoms with Gasteiger partial charge in [-0.3, -0.25) is 4.79 Å². The lowest BCUT2D eigenvalue weighted by molar-refractivity contribution is -0.708. The van der Waals surface area contributed by atoms with Gasteiger partial charge in [-0.15, -0.1) is 11.3 Å². The van der Waals surface area contributed by atoms with Crippen molar-refractivity contribution in [1.82, 2.24) is 9.97 Å². The van der Waals surface area contributed by atoms with Gasteiger partial charge in [0.25, 0.3) is 5.56 Å². The molecule has 2 heterocycles. The normalized spacial score (nSPS) is 12.4. The van der Waals surface area contributed by atoms with Gasteiger partial charge in [0.1, 0.15) is 17.3 Å². The largest absolute Gasteiger partial charge is 0.334 e. The van der Waals surface area contributed by atoms with Crippen LogP contribution in [0.1, 0.15) is 24.4 Å². The van der Waals surface area contributed by atoms with Crippen molar-refractivity contribution < 1.29 is 5.32 Å². The molecule has 0 saturated carbocycles. The number of thiophene rings is 1. The molecule has 0 saturated heterocycles. The summed E-state index contributed by atoms with van der Waals surface area (Å²) in [5.41, 5.74) is 2.94. The van der Waals surface area contributed by atoms with Gasteiger partial charge in [0.05, 0.1) is 5.52 Å². The molecule has 0 aliphatic heterocycles. The zero-order valence-electron chi connectivity index (χ0n) is 14.8. The number of nitrogens with one attached hydrogen (secondary N) is 1. The molecule has 0 aliphatic rings. The second-order valence-electron chi connectivity index (χ2n) is 6.48. The van der Waals surface area contributed by atoms with Gasteiger partial charge >= 0.3 is 0 Å². The summed E-state index contributed by atoms with van der Waals surface area (Å²) in [7, 11) is 0. The third-order valence-electron chi connectivity index (χ3n) is 4.55. The molecule has 0 amide bonds. The SMILES string of the molecule is C[C@H]([NH2+]Cc1nc2cc(-c3ccc(Cl)cc3)sc2c(=O)[nH]1)c1ccccc1. The fourth-order valence-electron chi connectivity index (χ4n) is 3.02. The molecule has 0 unspecified atom stereocenters. The van der Waals surface area contributed by atoms with Gasteiger partial charge in [-0.1, -0.05) is 54.1 Å². The average molecular weight is 397 g/mol. The van der Waals surface area contributed by atoms with E-state index in [1.807, 2.05) is 48.5 Å². The fraction of sp³-hybridized carbons (Fsp3) is 0.143. The predicted octanol–water partition coefficient (Wildman–Crippen LogP) is 4.13. The number of rotatable bonds is 5. The minimum Gasteiger partial charge on any atom is -0.334 e. The third-order valence-corrected chi connectivity index (χ3v) is 5.97. The van der Waals surface area contributed by atoms with Crippen molar-refractivity contribution >= 4 is 33.2 Å². The minimum absolute atomic E-state index is 0.0824. The first-order valence-corrected chi connectivity index (χ1v) is 9.96. The van der Waals surface area contributed by atoms with Crippen LogP contribution in [0, 0.1) is 0 Å². The first-order chi connectivity index (χ1) is 13.1. The molecule has 0 bridgehead atoms. The molecular weight excluding hydrogens is 378 g/mol. The van der Waals surface area contributed by atoms with E-state index in [1.54, 1.807) is 0 Å². The Morgan fingerprint density at radius 3 is 2.63 bits per heavy atom. The van der Waals surface area contributed by atoms with Gasteiger partial charge in [-0.05, 0) is 30.7 Å². The summed E-state index contributed by atoms with van der Waals surface area (Å²) in [6.07, 6.45) is 0. The number of halogens is 1. The number of benzene rings is 2. The van der Waals surface area contributed by atoms with Crippen LogP contribution in [0.5, 0.6) is 0 Å². The molecule has 3 N–H and O–H groups in total. The van der Waals surface area contributed by atoms with Crippen molar-refractivity contribution in [3.63, 3.8) is 0 Å². The predicted molar refractivity (Wildman–Crippen MR) is 111 cm³/mol. The van der Waals surface area contributed by atoms with E-state index in [-0.39, 0.29) is 5.56 Å². The smallest absolute Gasteiger partial charge is 0.269 e. The van der Waals surface area contributed by atoms with E-state index in [1.165, 1.54) is 16.9 Å². The van der Waals surface area contributed by atoms with E-state index >= 15 is 0 Å². The monoisotopic (exact) mass is 396 g/mol. The summed E-state index contributed by atoms with van der Waals surface area (Å²) in [4.78, 5) is 21.1. The first-order valence-electron chi connectivity index (χ1n) is 8.77. The van der Waals surface area contributed by atoms with Crippen molar-refractivity contribution in [2.24, 2.45) is 0 Å². The Hall–Kier alpha value is -2.47. The van der Waals surface area contributed by atoms with E-state index in [4.69, 9.17) is 11.6 Å². The highest BCUT2D eigenvalue weighted by Crippen LogP contribution is 2.31. The Balaban J connectivity index is 1.58. The van der Waals surface area contributed by atoms with E-state index in [0.29, 0.717) is 28.1 Å². The molecule has 27 heavy (non-hydrogen) atoms. The highest BCUT2D eigenvalue weighted by molar-refractivity contribution is 7.22. The number of aromatic amines is 1. The summed E-state index contributed by atoms with van der Waals surface area (Å²) in [5.74, 6) is 0.690. The number of quaternary nitrogens is 1. The number of fused-ring (bicyclic) bond motifs is 1. The Morgan fingerprint density at radius 1 is 1.15 bits per heavy atom. The second-order valence-corrected chi connectivity index (χ2v) is 7.97. The van der Waals surface area contributed by atoms with Crippen LogP contribution >= 0.6 is 22.9 Å². The molecule has 4 nitrogen and oxygen atoms in total. The summed E-state index contributed by atoms with van der Waals surface area (Å²) in [5, 5.41) is 2.87. The maximum absolute atomic E-state index is 12.5. The van der Waals surface area contributed by atoms with E-state index in [9.17, 15) is 4.79 Å². The molecular formula is C21H19ClN3OS+. The van der Waals surface area contributed by atoms with Crippen LogP contribution in [0.4, 0.5) is 0 Å². The number of aromatic nitrogens is 2. The zero-order chi connectivity index (χ0) is 18.8. The maximum atomic E-state index is 12.5. The molecule has 2 aromatic heterocycles. The molecule has 1 atom stereocenters. The number of H-pyrrole nitrogens is 1. The lowest BCUT2D eigenvalue weighted by Crippen LogP contribution is -2.83. The van der Waals surface area contributed by atoms with Gasteiger partial charge in [-0.25, -0.2) is 4.98 Å². The highest BCUT2D eigenvalue weighted by Gasteiger charge is 2.13. The zero-order valence-corrected chi connectivity index (χ0v) is 16.3. The summed E-state index contributed by atoms with van der Waals surface area (Å²) < 4.78 is 0.653. The van der Waals surface area contributed by atoms with Crippen molar-refractivity contribution in [1.29, 1.82) is 0 Å². The molecule has 0 spiro atoms.